The normalized spacial score (nSPS) is 10.3. The van der Waals surface area contributed by atoms with E-state index in [0.717, 1.165) is 24.2 Å². The number of nitrogens with one attached hydrogen (secondary N) is 2. The van der Waals surface area contributed by atoms with Crippen LogP contribution >= 0.6 is 0 Å². The summed E-state index contributed by atoms with van der Waals surface area (Å²) in [5.41, 5.74) is 2.60. The Labute approximate surface area is 165 Å². The number of benzene rings is 2. The second-order valence-corrected chi connectivity index (χ2v) is 6.28. The molecular weight excluding hydrogens is 352 g/mol. The number of hydrogen-bond acceptors (Lipinski definition) is 5. The molecule has 3 rings (SSSR count). The van der Waals surface area contributed by atoms with Crippen LogP contribution in [-0.4, -0.2) is 29.5 Å². The van der Waals surface area contributed by atoms with Crippen molar-refractivity contribution in [2.45, 2.75) is 19.4 Å². The molecule has 0 saturated carbocycles. The largest absolute Gasteiger partial charge is 0.496 e. The van der Waals surface area contributed by atoms with E-state index in [9.17, 15) is 4.79 Å². The Morgan fingerprint density at radius 2 is 1.82 bits per heavy atom. The minimum Gasteiger partial charge on any atom is -0.496 e. The van der Waals surface area contributed by atoms with Crippen LogP contribution in [0.3, 0.4) is 0 Å². The van der Waals surface area contributed by atoms with Crippen molar-refractivity contribution >= 4 is 11.9 Å². The molecule has 0 aliphatic carbocycles. The maximum atomic E-state index is 12.3. The zero-order chi connectivity index (χ0) is 19.6. The Kier molecular flexibility index (Phi) is 6.95. The van der Waals surface area contributed by atoms with Gasteiger partial charge in [-0.1, -0.05) is 48.5 Å². The Hall–Kier alpha value is -3.41. The topological polar surface area (TPSA) is 76.1 Å². The van der Waals surface area contributed by atoms with E-state index in [4.69, 9.17) is 4.74 Å². The number of para-hydroxylation sites is 1. The lowest BCUT2D eigenvalue weighted by Gasteiger charge is -2.10. The van der Waals surface area contributed by atoms with Gasteiger partial charge in [0.05, 0.1) is 7.11 Å². The molecule has 0 atom stereocenters. The van der Waals surface area contributed by atoms with Crippen LogP contribution in [-0.2, 0) is 13.0 Å². The maximum Gasteiger partial charge on any atom is 0.270 e. The van der Waals surface area contributed by atoms with Crippen LogP contribution in [0.1, 0.15) is 28.0 Å². The third kappa shape index (κ3) is 5.54. The maximum absolute atomic E-state index is 12.3. The molecule has 0 radical (unpaired) electrons. The SMILES string of the molecule is COc1ccccc1CNc1nccc(C(=O)NCCCc2ccccc2)n1. The molecule has 0 aliphatic heterocycles. The quantitative estimate of drug-likeness (QED) is 0.559. The van der Waals surface area contributed by atoms with Crippen molar-refractivity contribution in [3.05, 3.63) is 83.7 Å². The van der Waals surface area contributed by atoms with Crippen molar-refractivity contribution in [3.63, 3.8) is 0 Å². The summed E-state index contributed by atoms with van der Waals surface area (Å²) in [4.78, 5) is 20.8. The van der Waals surface area contributed by atoms with Gasteiger partial charge in [0.15, 0.2) is 0 Å². The first-order chi connectivity index (χ1) is 13.8. The highest BCUT2D eigenvalue weighted by molar-refractivity contribution is 5.92. The number of carbonyl (C=O) groups is 1. The number of hydrogen-bond donors (Lipinski definition) is 2. The molecular formula is C22H24N4O2. The van der Waals surface area contributed by atoms with E-state index in [1.54, 1.807) is 19.4 Å². The lowest BCUT2D eigenvalue weighted by atomic mass is 10.1. The Morgan fingerprint density at radius 1 is 1.04 bits per heavy atom. The number of amides is 1. The molecule has 6 heteroatoms. The summed E-state index contributed by atoms with van der Waals surface area (Å²) < 4.78 is 5.34. The minimum atomic E-state index is -0.198. The van der Waals surface area contributed by atoms with Gasteiger partial charge in [0.1, 0.15) is 11.4 Å². The van der Waals surface area contributed by atoms with Crippen molar-refractivity contribution in [1.29, 1.82) is 0 Å². The molecule has 1 heterocycles. The second kappa shape index (κ2) is 10.1. The molecule has 0 fully saturated rings. The molecule has 144 valence electrons. The summed E-state index contributed by atoms with van der Waals surface area (Å²) in [5.74, 6) is 1.00. The van der Waals surface area contributed by atoms with Gasteiger partial charge in [0, 0.05) is 24.8 Å². The monoisotopic (exact) mass is 376 g/mol. The molecule has 0 aliphatic rings. The number of carbonyl (C=O) groups excluding carboxylic acids is 1. The number of aryl methyl sites for hydroxylation is 1. The van der Waals surface area contributed by atoms with Gasteiger partial charge in [0.2, 0.25) is 5.95 Å². The van der Waals surface area contributed by atoms with E-state index in [-0.39, 0.29) is 5.91 Å². The van der Waals surface area contributed by atoms with Gasteiger partial charge in [-0.15, -0.1) is 0 Å². The summed E-state index contributed by atoms with van der Waals surface area (Å²) in [6, 6.07) is 19.6. The highest BCUT2D eigenvalue weighted by atomic mass is 16.5. The summed E-state index contributed by atoms with van der Waals surface area (Å²) in [6.07, 6.45) is 3.38. The van der Waals surface area contributed by atoms with Crippen LogP contribution < -0.4 is 15.4 Å². The van der Waals surface area contributed by atoms with Crippen LogP contribution in [0.5, 0.6) is 5.75 Å². The first-order valence-corrected chi connectivity index (χ1v) is 9.27. The Bertz CT molecular complexity index is 900. The number of rotatable bonds is 9. The standard InChI is InChI=1S/C22H24N4O2/c1-28-20-12-6-5-11-18(20)16-25-22-24-15-13-19(26-22)21(27)23-14-7-10-17-8-3-2-4-9-17/h2-6,8-9,11-13,15H,7,10,14,16H2,1H3,(H,23,27)(H,24,25,26). The Balaban J connectivity index is 1.50. The van der Waals surface area contributed by atoms with Crippen LogP contribution in [0.25, 0.3) is 0 Å². The zero-order valence-electron chi connectivity index (χ0n) is 15.9. The number of aromatic nitrogens is 2. The molecule has 0 unspecified atom stereocenters. The van der Waals surface area contributed by atoms with Crippen LogP contribution in [0.15, 0.2) is 66.9 Å². The van der Waals surface area contributed by atoms with E-state index in [1.165, 1.54) is 5.56 Å². The molecule has 3 aromatic rings. The number of nitrogens with zero attached hydrogens (tertiary/aromatic N) is 2. The average molecular weight is 376 g/mol. The average Bonchev–Trinajstić information content (AvgIpc) is 2.76. The zero-order valence-corrected chi connectivity index (χ0v) is 15.9. The third-order valence-corrected chi connectivity index (χ3v) is 4.29. The lowest BCUT2D eigenvalue weighted by molar-refractivity contribution is 0.0948. The number of ether oxygens (including phenoxy) is 1. The van der Waals surface area contributed by atoms with Gasteiger partial charge in [-0.05, 0) is 30.5 Å². The lowest BCUT2D eigenvalue weighted by Crippen LogP contribution is -2.26. The summed E-state index contributed by atoms with van der Waals surface area (Å²) in [7, 11) is 1.64. The number of anilines is 1. The van der Waals surface area contributed by atoms with Crippen LogP contribution in [0.4, 0.5) is 5.95 Å². The molecule has 0 spiro atoms. The highest BCUT2D eigenvalue weighted by Gasteiger charge is 2.09. The van der Waals surface area contributed by atoms with Gasteiger partial charge < -0.3 is 15.4 Å². The van der Waals surface area contributed by atoms with Crippen molar-refractivity contribution in [2.75, 3.05) is 19.0 Å². The fraction of sp³-hybridized carbons (Fsp3) is 0.227. The van der Waals surface area contributed by atoms with Gasteiger partial charge in [-0.2, -0.15) is 0 Å². The van der Waals surface area contributed by atoms with E-state index < -0.39 is 0 Å². The predicted octanol–water partition coefficient (Wildman–Crippen LogP) is 3.46. The van der Waals surface area contributed by atoms with Gasteiger partial charge >= 0.3 is 0 Å². The van der Waals surface area contributed by atoms with Crippen molar-refractivity contribution < 1.29 is 9.53 Å². The van der Waals surface area contributed by atoms with E-state index in [1.807, 2.05) is 42.5 Å². The molecule has 2 aromatic carbocycles. The van der Waals surface area contributed by atoms with Crippen molar-refractivity contribution in [1.82, 2.24) is 15.3 Å². The second-order valence-electron chi connectivity index (χ2n) is 6.28. The minimum absolute atomic E-state index is 0.198. The van der Waals surface area contributed by atoms with Gasteiger partial charge in [0.25, 0.3) is 5.91 Å². The third-order valence-electron chi connectivity index (χ3n) is 4.29. The summed E-state index contributed by atoms with van der Waals surface area (Å²) in [5, 5.41) is 6.05. The first-order valence-electron chi connectivity index (χ1n) is 9.27. The molecule has 1 amide bonds. The molecule has 2 N–H and O–H groups in total. The van der Waals surface area contributed by atoms with Gasteiger partial charge in [-0.3, -0.25) is 4.79 Å². The van der Waals surface area contributed by atoms with Crippen LogP contribution in [0, 0.1) is 0 Å². The van der Waals surface area contributed by atoms with Crippen LogP contribution in [0.2, 0.25) is 0 Å². The number of methoxy groups -OCH3 is 1. The van der Waals surface area contributed by atoms with E-state index in [0.29, 0.717) is 24.7 Å². The first kappa shape index (κ1) is 19.4. The molecule has 0 bridgehead atoms. The molecule has 0 saturated heterocycles. The van der Waals surface area contributed by atoms with E-state index in [2.05, 4.69) is 32.7 Å². The fourth-order valence-corrected chi connectivity index (χ4v) is 2.82. The van der Waals surface area contributed by atoms with E-state index >= 15 is 0 Å². The smallest absolute Gasteiger partial charge is 0.270 e. The van der Waals surface area contributed by atoms with Crippen molar-refractivity contribution in [3.8, 4) is 5.75 Å². The summed E-state index contributed by atoms with van der Waals surface area (Å²) in [6.45, 7) is 1.11. The predicted molar refractivity (Wildman–Crippen MR) is 109 cm³/mol. The Morgan fingerprint density at radius 3 is 2.64 bits per heavy atom. The molecule has 6 nitrogen and oxygen atoms in total. The summed E-state index contributed by atoms with van der Waals surface area (Å²) >= 11 is 0. The van der Waals surface area contributed by atoms with Gasteiger partial charge in [-0.25, -0.2) is 9.97 Å². The molecule has 28 heavy (non-hydrogen) atoms. The fourth-order valence-electron chi connectivity index (χ4n) is 2.82. The molecule has 1 aromatic heterocycles. The highest BCUT2D eigenvalue weighted by Crippen LogP contribution is 2.18. The van der Waals surface area contributed by atoms with Crippen molar-refractivity contribution in [2.24, 2.45) is 0 Å².